The van der Waals surface area contributed by atoms with Gasteiger partial charge in [0.15, 0.2) is 0 Å². The summed E-state index contributed by atoms with van der Waals surface area (Å²) in [4.78, 5) is 17.5. The molecular weight excluding hydrogens is 204 g/mol. The summed E-state index contributed by atoms with van der Waals surface area (Å²) in [6, 6.07) is 7.51. The number of fused-ring (bicyclic) bond motifs is 2. The lowest BCUT2D eigenvalue weighted by atomic mass is 10.1. The third-order valence-electron chi connectivity index (χ3n) is 3.22. The molecule has 3 rings (SSSR count). The number of benzene rings is 1. The number of aliphatic carboxylic acids is 1. The fourth-order valence-electron chi connectivity index (χ4n) is 2.40. The summed E-state index contributed by atoms with van der Waals surface area (Å²) in [5.74, 6) is 0.177. The molecule has 0 aromatic heterocycles. The third-order valence-corrected chi connectivity index (χ3v) is 3.22. The Labute approximate surface area is 93.2 Å². The van der Waals surface area contributed by atoms with Gasteiger partial charge in [-0.3, -0.25) is 0 Å². The molecule has 0 radical (unpaired) electrons. The van der Waals surface area contributed by atoms with Crippen LogP contribution in [0.5, 0.6) is 0 Å². The van der Waals surface area contributed by atoms with E-state index in [1.165, 1.54) is 0 Å². The molecule has 16 heavy (non-hydrogen) atoms. The standard InChI is InChI=1S/C12H12N2O2/c15-12(16)10-5-6-11-13-9-4-2-1-3-8(9)7-14(10)11/h1-4,10H,5-7H2,(H,15,16). The van der Waals surface area contributed by atoms with Crippen LogP contribution in [0.2, 0.25) is 0 Å². The van der Waals surface area contributed by atoms with Gasteiger partial charge in [-0.25, -0.2) is 9.79 Å². The zero-order chi connectivity index (χ0) is 11.1. The SMILES string of the molecule is O=C(O)C1CCC2=Nc3ccccc3CN21. The van der Waals surface area contributed by atoms with Crippen molar-refractivity contribution in [1.82, 2.24) is 4.90 Å². The zero-order valence-corrected chi connectivity index (χ0v) is 8.76. The van der Waals surface area contributed by atoms with Crippen LogP contribution in [-0.4, -0.2) is 27.9 Å². The number of carboxylic acid groups (broad SMARTS) is 1. The number of nitrogens with zero attached hydrogens (tertiary/aromatic N) is 2. The van der Waals surface area contributed by atoms with E-state index in [-0.39, 0.29) is 0 Å². The maximum atomic E-state index is 11.1. The Morgan fingerprint density at radius 2 is 2.25 bits per heavy atom. The summed E-state index contributed by atoms with van der Waals surface area (Å²) in [5, 5.41) is 9.10. The van der Waals surface area contributed by atoms with Gasteiger partial charge in [-0.05, 0) is 18.1 Å². The molecule has 1 N–H and O–H groups in total. The molecule has 4 heteroatoms. The fraction of sp³-hybridized carbons (Fsp3) is 0.333. The first kappa shape index (κ1) is 9.39. The van der Waals surface area contributed by atoms with Crippen LogP contribution in [0.15, 0.2) is 29.3 Å². The van der Waals surface area contributed by atoms with Gasteiger partial charge in [0.25, 0.3) is 0 Å². The molecule has 0 aliphatic carbocycles. The van der Waals surface area contributed by atoms with Crippen molar-refractivity contribution in [2.75, 3.05) is 0 Å². The van der Waals surface area contributed by atoms with E-state index in [9.17, 15) is 4.79 Å². The van der Waals surface area contributed by atoms with Crippen LogP contribution in [0, 0.1) is 0 Å². The normalized spacial score (nSPS) is 22.4. The minimum absolute atomic E-state index is 0.396. The number of aliphatic imine (C=N–C) groups is 1. The van der Waals surface area contributed by atoms with Crippen molar-refractivity contribution < 1.29 is 9.90 Å². The van der Waals surface area contributed by atoms with Crippen LogP contribution in [-0.2, 0) is 11.3 Å². The van der Waals surface area contributed by atoms with Gasteiger partial charge in [0.05, 0.1) is 5.69 Å². The van der Waals surface area contributed by atoms with Crippen molar-refractivity contribution in [2.45, 2.75) is 25.4 Å². The second-order valence-electron chi connectivity index (χ2n) is 4.18. The van der Waals surface area contributed by atoms with Crippen molar-refractivity contribution in [2.24, 2.45) is 4.99 Å². The van der Waals surface area contributed by atoms with E-state index in [4.69, 9.17) is 5.11 Å². The van der Waals surface area contributed by atoms with Crippen molar-refractivity contribution >= 4 is 17.5 Å². The molecule has 2 aliphatic rings. The number of carbonyl (C=O) groups is 1. The molecule has 0 bridgehead atoms. The Hall–Kier alpha value is -1.84. The predicted molar refractivity (Wildman–Crippen MR) is 59.7 cm³/mol. The first-order chi connectivity index (χ1) is 7.75. The van der Waals surface area contributed by atoms with Gasteiger partial charge >= 0.3 is 5.97 Å². The second-order valence-corrected chi connectivity index (χ2v) is 4.18. The summed E-state index contributed by atoms with van der Waals surface area (Å²) < 4.78 is 0. The van der Waals surface area contributed by atoms with E-state index in [2.05, 4.69) is 4.99 Å². The maximum absolute atomic E-state index is 11.1. The molecule has 0 saturated carbocycles. The van der Waals surface area contributed by atoms with Crippen LogP contribution < -0.4 is 0 Å². The topological polar surface area (TPSA) is 52.9 Å². The highest BCUT2D eigenvalue weighted by atomic mass is 16.4. The quantitative estimate of drug-likeness (QED) is 0.778. The van der Waals surface area contributed by atoms with E-state index in [1.807, 2.05) is 29.2 Å². The van der Waals surface area contributed by atoms with Crippen LogP contribution in [0.4, 0.5) is 5.69 Å². The lowest BCUT2D eigenvalue weighted by Gasteiger charge is -2.28. The summed E-state index contributed by atoms with van der Waals surface area (Å²) >= 11 is 0. The number of amidine groups is 1. The third kappa shape index (κ3) is 1.30. The molecule has 82 valence electrons. The lowest BCUT2D eigenvalue weighted by molar-refractivity contribution is -0.141. The molecule has 1 aromatic rings. The van der Waals surface area contributed by atoms with Crippen molar-refractivity contribution in [3.63, 3.8) is 0 Å². The minimum atomic E-state index is -0.746. The zero-order valence-electron chi connectivity index (χ0n) is 8.76. The Bertz CT molecular complexity index is 482. The molecule has 1 atom stereocenters. The van der Waals surface area contributed by atoms with Gasteiger partial charge in [0, 0.05) is 13.0 Å². The molecule has 2 heterocycles. The number of carboxylic acids is 1. The summed E-state index contributed by atoms with van der Waals surface area (Å²) in [6.45, 7) is 0.673. The highest BCUT2D eigenvalue weighted by Gasteiger charge is 2.36. The molecule has 4 nitrogen and oxygen atoms in total. The van der Waals surface area contributed by atoms with Gasteiger partial charge in [-0.1, -0.05) is 18.2 Å². The Balaban J connectivity index is 2.00. The van der Waals surface area contributed by atoms with Crippen LogP contribution in [0.3, 0.4) is 0 Å². The molecule has 1 fully saturated rings. The smallest absolute Gasteiger partial charge is 0.326 e. The number of rotatable bonds is 1. The van der Waals surface area contributed by atoms with Gasteiger partial charge in [0.2, 0.25) is 0 Å². The van der Waals surface area contributed by atoms with Gasteiger partial charge < -0.3 is 10.0 Å². The van der Waals surface area contributed by atoms with Gasteiger partial charge in [-0.15, -0.1) is 0 Å². The molecular formula is C12H12N2O2. The predicted octanol–water partition coefficient (Wildman–Crippen LogP) is 1.78. The average molecular weight is 216 g/mol. The number of para-hydroxylation sites is 1. The van der Waals surface area contributed by atoms with E-state index < -0.39 is 12.0 Å². The van der Waals surface area contributed by atoms with Crippen LogP contribution in [0.1, 0.15) is 18.4 Å². The van der Waals surface area contributed by atoms with Crippen molar-refractivity contribution in [1.29, 1.82) is 0 Å². The van der Waals surface area contributed by atoms with E-state index >= 15 is 0 Å². The minimum Gasteiger partial charge on any atom is -0.480 e. The first-order valence-corrected chi connectivity index (χ1v) is 5.40. The van der Waals surface area contributed by atoms with Crippen LogP contribution in [0.25, 0.3) is 0 Å². The Morgan fingerprint density at radius 1 is 1.44 bits per heavy atom. The summed E-state index contributed by atoms with van der Waals surface area (Å²) in [6.07, 6.45) is 1.44. The van der Waals surface area contributed by atoms with E-state index in [0.717, 1.165) is 23.5 Å². The Morgan fingerprint density at radius 3 is 3.06 bits per heavy atom. The van der Waals surface area contributed by atoms with Gasteiger partial charge in [0.1, 0.15) is 11.9 Å². The lowest BCUT2D eigenvalue weighted by Crippen LogP contribution is -2.39. The molecule has 0 amide bonds. The van der Waals surface area contributed by atoms with Crippen molar-refractivity contribution in [3.8, 4) is 0 Å². The van der Waals surface area contributed by atoms with Crippen molar-refractivity contribution in [3.05, 3.63) is 29.8 Å². The highest BCUT2D eigenvalue weighted by molar-refractivity contribution is 5.93. The summed E-state index contributed by atoms with van der Waals surface area (Å²) in [7, 11) is 0. The maximum Gasteiger partial charge on any atom is 0.326 e. The highest BCUT2D eigenvalue weighted by Crippen LogP contribution is 2.32. The molecule has 1 aromatic carbocycles. The summed E-state index contributed by atoms with van der Waals surface area (Å²) in [5.41, 5.74) is 2.10. The molecule has 1 unspecified atom stereocenters. The van der Waals surface area contributed by atoms with Gasteiger partial charge in [-0.2, -0.15) is 0 Å². The van der Waals surface area contributed by atoms with Crippen LogP contribution >= 0.6 is 0 Å². The second kappa shape index (κ2) is 3.33. The van der Waals surface area contributed by atoms with E-state index in [0.29, 0.717) is 13.0 Å². The molecule has 2 aliphatic heterocycles. The average Bonchev–Trinajstić information content (AvgIpc) is 2.68. The Kier molecular flexibility index (Phi) is 1.96. The molecule has 0 spiro atoms. The first-order valence-electron chi connectivity index (χ1n) is 5.40. The largest absolute Gasteiger partial charge is 0.480 e. The monoisotopic (exact) mass is 216 g/mol. The fourth-order valence-corrected chi connectivity index (χ4v) is 2.40. The molecule has 1 saturated heterocycles. The number of hydrogen-bond donors (Lipinski definition) is 1. The number of hydrogen-bond acceptors (Lipinski definition) is 3. The van der Waals surface area contributed by atoms with E-state index in [1.54, 1.807) is 0 Å².